The molecule has 0 radical (unpaired) electrons. The molecule has 0 unspecified atom stereocenters. The van der Waals surface area contributed by atoms with Gasteiger partial charge in [0.1, 0.15) is 0 Å². The zero-order valence-electron chi connectivity index (χ0n) is 17.4. The Bertz CT molecular complexity index is 693. The summed E-state index contributed by atoms with van der Waals surface area (Å²) in [7, 11) is 0.0146. The Morgan fingerprint density at radius 2 is 1.46 bits per heavy atom. The summed E-state index contributed by atoms with van der Waals surface area (Å²) in [5.74, 6) is 1.77. The number of thiol groups is 1. The van der Waals surface area contributed by atoms with E-state index in [-0.39, 0.29) is 7.92 Å². The molecule has 4 aliphatic carbocycles. The highest BCUT2D eigenvalue weighted by Crippen LogP contribution is 2.57. The maximum Gasteiger partial charge on any atom is -0.0120 e. The van der Waals surface area contributed by atoms with Crippen molar-refractivity contribution >= 4 is 25.9 Å². The molecule has 2 heteroatoms. The molecule has 152 valence electrons. The molecule has 3 saturated carbocycles. The van der Waals surface area contributed by atoms with E-state index in [1.807, 2.05) is 5.30 Å². The predicted octanol–water partition coefficient (Wildman–Crippen LogP) is 7.62. The van der Waals surface area contributed by atoms with E-state index in [2.05, 4.69) is 24.3 Å². The molecule has 0 nitrogen and oxygen atoms in total. The molecular weight excluding hydrogens is 375 g/mol. The average molecular weight is 413 g/mol. The van der Waals surface area contributed by atoms with Crippen LogP contribution >= 0.6 is 20.6 Å². The third-order valence-electron chi connectivity index (χ3n) is 8.27. The summed E-state index contributed by atoms with van der Waals surface area (Å²) in [6, 6.07) is 9.74. The Balaban J connectivity index is 1.44. The minimum atomic E-state index is 0.0146. The van der Waals surface area contributed by atoms with Crippen LogP contribution in [0.3, 0.4) is 0 Å². The van der Waals surface area contributed by atoms with Gasteiger partial charge in [0.05, 0.1) is 0 Å². The van der Waals surface area contributed by atoms with Gasteiger partial charge in [0.2, 0.25) is 0 Å². The molecule has 0 aromatic heterocycles. The summed E-state index contributed by atoms with van der Waals surface area (Å²) in [6.07, 6.45) is 20.2. The second kappa shape index (κ2) is 8.85. The lowest BCUT2D eigenvalue weighted by Crippen LogP contribution is -2.36. The fourth-order valence-corrected chi connectivity index (χ4v) is 11.1. The van der Waals surface area contributed by atoms with E-state index < -0.39 is 0 Å². The van der Waals surface area contributed by atoms with Gasteiger partial charge in [0.15, 0.2) is 0 Å². The van der Waals surface area contributed by atoms with E-state index in [1.54, 1.807) is 11.1 Å². The van der Waals surface area contributed by atoms with E-state index >= 15 is 0 Å². The van der Waals surface area contributed by atoms with Crippen molar-refractivity contribution in [1.82, 2.24) is 0 Å². The Kier molecular flexibility index (Phi) is 6.22. The molecule has 0 aliphatic heterocycles. The standard InChI is InChI=1S/C26H37PS/c28-26-16-15-19-17-24(26)23(19)18-20-9-7-8-14-25(20)27(21-10-3-1-4-11-21)22-12-5-2-6-13-22/h7-9,14,19,21-23,28H,1-6,10-13,15-18H2/t19-,23+/m0/s1. The van der Waals surface area contributed by atoms with Crippen LogP contribution in [0.4, 0.5) is 0 Å². The normalized spacial score (nSPS) is 29.2. The minimum Gasteiger partial charge on any atom is -0.148 e. The molecule has 0 amide bonds. The molecule has 0 heterocycles. The predicted molar refractivity (Wildman–Crippen MR) is 127 cm³/mol. The molecule has 0 spiro atoms. The third-order valence-corrected chi connectivity index (χ3v) is 12.4. The summed E-state index contributed by atoms with van der Waals surface area (Å²) in [5.41, 5.74) is 5.45. The van der Waals surface area contributed by atoms with Crippen molar-refractivity contribution in [3.8, 4) is 0 Å². The van der Waals surface area contributed by atoms with Gasteiger partial charge in [-0.15, -0.1) is 12.6 Å². The monoisotopic (exact) mass is 412 g/mol. The van der Waals surface area contributed by atoms with E-state index in [1.165, 1.54) is 94.8 Å². The van der Waals surface area contributed by atoms with Crippen LogP contribution in [0.5, 0.6) is 0 Å². The summed E-state index contributed by atoms with van der Waals surface area (Å²) >= 11 is 4.84. The van der Waals surface area contributed by atoms with Crippen molar-refractivity contribution < 1.29 is 0 Å². The van der Waals surface area contributed by atoms with E-state index in [9.17, 15) is 0 Å². The van der Waals surface area contributed by atoms with Crippen molar-refractivity contribution in [3.63, 3.8) is 0 Å². The van der Waals surface area contributed by atoms with Gasteiger partial charge in [-0.2, -0.15) is 0 Å². The Morgan fingerprint density at radius 3 is 2.07 bits per heavy atom. The minimum absolute atomic E-state index is 0.0146. The second-order valence-corrected chi connectivity index (χ2v) is 13.2. The first-order valence-corrected chi connectivity index (χ1v) is 14.0. The van der Waals surface area contributed by atoms with Gasteiger partial charge in [0, 0.05) is 0 Å². The first-order valence-electron chi connectivity index (χ1n) is 12.1. The summed E-state index contributed by atoms with van der Waals surface area (Å²) < 4.78 is 0. The van der Waals surface area contributed by atoms with Crippen LogP contribution in [0.2, 0.25) is 0 Å². The van der Waals surface area contributed by atoms with Crippen LogP contribution in [0, 0.1) is 11.8 Å². The van der Waals surface area contributed by atoms with Gasteiger partial charge in [-0.25, -0.2) is 0 Å². The van der Waals surface area contributed by atoms with Gasteiger partial charge >= 0.3 is 0 Å². The molecule has 3 fully saturated rings. The number of allylic oxidation sites excluding steroid dienone is 2. The van der Waals surface area contributed by atoms with Crippen molar-refractivity contribution in [1.29, 1.82) is 0 Å². The Labute approximate surface area is 179 Å². The van der Waals surface area contributed by atoms with Crippen molar-refractivity contribution in [3.05, 3.63) is 40.3 Å². The maximum absolute atomic E-state index is 4.84. The van der Waals surface area contributed by atoms with Crippen LogP contribution in [-0.4, -0.2) is 11.3 Å². The number of fused-ring (bicyclic) bond motifs is 2. The van der Waals surface area contributed by atoms with Gasteiger partial charge in [0.25, 0.3) is 0 Å². The summed E-state index contributed by atoms with van der Waals surface area (Å²) in [4.78, 5) is 1.44. The van der Waals surface area contributed by atoms with Gasteiger partial charge < -0.3 is 0 Å². The molecular formula is C26H37PS. The zero-order chi connectivity index (χ0) is 18.9. The highest BCUT2D eigenvalue weighted by molar-refractivity contribution is 7.84. The number of hydrogen-bond donors (Lipinski definition) is 1. The van der Waals surface area contributed by atoms with Crippen molar-refractivity contribution in [2.75, 3.05) is 0 Å². The molecule has 2 bridgehead atoms. The lowest BCUT2D eigenvalue weighted by Gasteiger charge is -2.46. The SMILES string of the molecule is SC1=C2C[C@H](CC1)[C@H]2Cc1ccccc1P(C1CCCCC1)C1CCCCC1. The van der Waals surface area contributed by atoms with Crippen LogP contribution in [0.1, 0.15) is 89.0 Å². The Morgan fingerprint density at radius 1 is 0.821 bits per heavy atom. The molecule has 0 N–H and O–H groups in total. The first-order chi connectivity index (χ1) is 13.8. The molecule has 2 atom stereocenters. The summed E-state index contributed by atoms with van der Waals surface area (Å²) in [5, 5.41) is 1.82. The molecule has 0 saturated heterocycles. The zero-order valence-corrected chi connectivity index (χ0v) is 19.2. The highest BCUT2D eigenvalue weighted by Gasteiger charge is 2.41. The number of rotatable bonds is 5. The van der Waals surface area contributed by atoms with Crippen molar-refractivity contribution in [2.45, 2.75) is 101 Å². The number of benzene rings is 1. The number of hydrogen-bond acceptors (Lipinski definition) is 1. The average Bonchev–Trinajstić information content (AvgIpc) is 2.74. The lowest BCUT2D eigenvalue weighted by molar-refractivity contribution is 0.234. The molecule has 4 aliphatic rings. The van der Waals surface area contributed by atoms with Crippen molar-refractivity contribution in [2.24, 2.45) is 11.8 Å². The van der Waals surface area contributed by atoms with Crippen LogP contribution < -0.4 is 5.30 Å². The fourth-order valence-electron chi connectivity index (χ4n) is 6.69. The van der Waals surface area contributed by atoms with E-state index in [0.29, 0.717) is 0 Å². The largest absolute Gasteiger partial charge is 0.148 e. The topological polar surface area (TPSA) is 0 Å². The molecule has 1 aromatic carbocycles. The van der Waals surface area contributed by atoms with Gasteiger partial charge in [-0.1, -0.05) is 76.3 Å². The molecule has 5 rings (SSSR count). The Hall–Kier alpha value is -0.260. The molecule has 1 aromatic rings. The maximum atomic E-state index is 4.84. The van der Waals surface area contributed by atoms with Gasteiger partial charge in [-0.3, -0.25) is 0 Å². The fraction of sp³-hybridized carbons (Fsp3) is 0.692. The summed E-state index contributed by atoms with van der Waals surface area (Å²) in [6.45, 7) is 0. The van der Waals surface area contributed by atoms with Crippen LogP contribution in [0.25, 0.3) is 0 Å². The molecule has 28 heavy (non-hydrogen) atoms. The second-order valence-electron chi connectivity index (χ2n) is 9.91. The quantitative estimate of drug-likeness (QED) is 0.373. The van der Waals surface area contributed by atoms with Crippen LogP contribution in [-0.2, 0) is 6.42 Å². The van der Waals surface area contributed by atoms with Gasteiger partial charge in [-0.05, 0) is 90.3 Å². The van der Waals surface area contributed by atoms with E-state index in [4.69, 9.17) is 12.6 Å². The van der Waals surface area contributed by atoms with E-state index in [0.717, 1.165) is 23.2 Å². The highest BCUT2D eigenvalue weighted by atomic mass is 32.1. The third kappa shape index (κ3) is 3.88. The first kappa shape index (κ1) is 19.7. The smallest absolute Gasteiger partial charge is 0.0120 e. The van der Waals surface area contributed by atoms with Crippen LogP contribution in [0.15, 0.2) is 34.7 Å². The lowest BCUT2D eigenvalue weighted by atomic mass is 9.61.